The molecule has 1 aromatic carbocycles. The summed E-state index contributed by atoms with van der Waals surface area (Å²) in [5, 5.41) is 18.9. The normalized spacial score (nSPS) is 18.6. The zero-order valence-corrected chi connectivity index (χ0v) is 12.1. The first-order chi connectivity index (χ1) is 10.2. The fourth-order valence-corrected chi connectivity index (χ4v) is 2.41. The Kier molecular flexibility index (Phi) is 6.38. The molecule has 1 aliphatic rings. The monoisotopic (exact) mass is 298 g/mol. The Morgan fingerprint density at radius 1 is 1.10 bits per heavy atom. The molecule has 2 rings (SSSR count). The standard InChI is InChI=1S/C15H23FN2O3/c16-13-1-3-15(4-2-13)21-12-14(20)11-18-7-5-17(6-8-18)9-10-19/h1-4,14,19-20H,5-12H2/t14-/m0/s1. The van der Waals surface area contributed by atoms with Crippen molar-refractivity contribution >= 4 is 0 Å². The first-order valence-electron chi connectivity index (χ1n) is 7.29. The van der Waals surface area contributed by atoms with E-state index in [-0.39, 0.29) is 19.0 Å². The first kappa shape index (κ1) is 16.2. The van der Waals surface area contributed by atoms with Gasteiger partial charge in [-0.25, -0.2) is 4.39 Å². The molecule has 0 bridgehead atoms. The van der Waals surface area contributed by atoms with E-state index in [0.29, 0.717) is 18.8 Å². The Hall–Kier alpha value is -1.21. The highest BCUT2D eigenvalue weighted by atomic mass is 19.1. The fraction of sp³-hybridized carbons (Fsp3) is 0.600. The molecule has 0 aromatic heterocycles. The smallest absolute Gasteiger partial charge is 0.123 e. The number of aliphatic hydroxyl groups is 2. The second kappa shape index (κ2) is 8.29. The molecule has 1 atom stereocenters. The lowest BCUT2D eigenvalue weighted by Gasteiger charge is -2.35. The summed E-state index contributed by atoms with van der Waals surface area (Å²) in [6.45, 7) is 5.24. The zero-order valence-electron chi connectivity index (χ0n) is 12.1. The molecule has 1 aromatic rings. The third-order valence-electron chi connectivity index (χ3n) is 3.61. The van der Waals surface area contributed by atoms with Gasteiger partial charge < -0.3 is 14.9 Å². The summed E-state index contributed by atoms with van der Waals surface area (Å²) in [5.41, 5.74) is 0. The minimum Gasteiger partial charge on any atom is -0.491 e. The van der Waals surface area contributed by atoms with Crippen LogP contribution in [0.25, 0.3) is 0 Å². The van der Waals surface area contributed by atoms with Gasteiger partial charge in [-0.3, -0.25) is 9.80 Å². The summed E-state index contributed by atoms with van der Waals surface area (Å²) in [7, 11) is 0. The molecular formula is C15H23FN2O3. The van der Waals surface area contributed by atoms with Crippen molar-refractivity contribution in [3.63, 3.8) is 0 Å². The van der Waals surface area contributed by atoms with Gasteiger partial charge in [-0.15, -0.1) is 0 Å². The lowest BCUT2D eigenvalue weighted by molar-refractivity contribution is 0.0428. The summed E-state index contributed by atoms with van der Waals surface area (Å²) >= 11 is 0. The second-order valence-electron chi connectivity index (χ2n) is 5.28. The van der Waals surface area contributed by atoms with Crippen LogP contribution in [0.1, 0.15) is 0 Å². The number of nitrogens with zero attached hydrogens (tertiary/aromatic N) is 2. The van der Waals surface area contributed by atoms with Crippen LogP contribution in [0.4, 0.5) is 4.39 Å². The summed E-state index contributed by atoms with van der Waals surface area (Å²) in [6, 6.07) is 5.77. The van der Waals surface area contributed by atoms with E-state index in [2.05, 4.69) is 9.80 Å². The van der Waals surface area contributed by atoms with Crippen LogP contribution in [0.3, 0.4) is 0 Å². The number of aliphatic hydroxyl groups excluding tert-OH is 2. The molecule has 21 heavy (non-hydrogen) atoms. The lowest BCUT2D eigenvalue weighted by atomic mass is 10.2. The molecule has 5 nitrogen and oxygen atoms in total. The van der Waals surface area contributed by atoms with Crippen LogP contribution in [0.15, 0.2) is 24.3 Å². The van der Waals surface area contributed by atoms with E-state index in [1.54, 1.807) is 12.1 Å². The molecule has 0 unspecified atom stereocenters. The highest BCUT2D eigenvalue weighted by Crippen LogP contribution is 2.11. The van der Waals surface area contributed by atoms with Crippen LogP contribution in [-0.2, 0) is 0 Å². The molecule has 0 saturated carbocycles. The van der Waals surface area contributed by atoms with Gasteiger partial charge in [0.05, 0.1) is 6.61 Å². The van der Waals surface area contributed by atoms with Crippen molar-refractivity contribution < 1.29 is 19.3 Å². The van der Waals surface area contributed by atoms with Crippen LogP contribution < -0.4 is 4.74 Å². The maximum absolute atomic E-state index is 12.7. The average Bonchev–Trinajstić information content (AvgIpc) is 2.49. The molecule has 0 amide bonds. The number of hydrogen-bond donors (Lipinski definition) is 2. The minimum absolute atomic E-state index is 0.189. The maximum atomic E-state index is 12.7. The Bertz CT molecular complexity index is 408. The number of hydrogen-bond acceptors (Lipinski definition) is 5. The number of piperazine rings is 1. The molecule has 1 saturated heterocycles. The van der Waals surface area contributed by atoms with Crippen molar-refractivity contribution in [2.45, 2.75) is 6.10 Å². The van der Waals surface area contributed by atoms with Crippen molar-refractivity contribution in [2.75, 3.05) is 52.5 Å². The van der Waals surface area contributed by atoms with Gasteiger partial charge in [-0.2, -0.15) is 0 Å². The Balaban J connectivity index is 1.65. The second-order valence-corrected chi connectivity index (χ2v) is 5.28. The predicted molar refractivity (Wildman–Crippen MR) is 77.9 cm³/mol. The van der Waals surface area contributed by atoms with E-state index in [1.807, 2.05) is 0 Å². The predicted octanol–water partition coefficient (Wildman–Crippen LogP) is 0.175. The maximum Gasteiger partial charge on any atom is 0.123 e. The largest absolute Gasteiger partial charge is 0.491 e. The molecule has 118 valence electrons. The third kappa shape index (κ3) is 5.59. The summed E-state index contributed by atoms with van der Waals surface area (Å²) in [4.78, 5) is 4.39. The van der Waals surface area contributed by atoms with Gasteiger partial charge in [0, 0.05) is 39.3 Å². The number of halogens is 1. The zero-order chi connectivity index (χ0) is 15.1. The molecule has 0 aliphatic carbocycles. The molecule has 2 N–H and O–H groups in total. The third-order valence-corrected chi connectivity index (χ3v) is 3.61. The van der Waals surface area contributed by atoms with E-state index in [4.69, 9.17) is 9.84 Å². The quantitative estimate of drug-likeness (QED) is 0.752. The van der Waals surface area contributed by atoms with Crippen LogP contribution in [0, 0.1) is 5.82 Å². The van der Waals surface area contributed by atoms with E-state index in [0.717, 1.165) is 26.2 Å². The van der Waals surface area contributed by atoms with Gasteiger partial charge >= 0.3 is 0 Å². The van der Waals surface area contributed by atoms with Crippen LogP contribution in [0.2, 0.25) is 0 Å². The number of benzene rings is 1. The number of rotatable bonds is 7. The average molecular weight is 298 g/mol. The minimum atomic E-state index is -0.570. The molecule has 1 heterocycles. The van der Waals surface area contributed by atoms with E-state index in [1.165, 1.54) is 12.1 Å². The Labute approximate surface area is 124 Å². The van der Waals surface area contributed by atoms with Gasteiger partial charge in [-0.1, -0.05) is 0 Å². The van der Waals surface area contributed by atoms with Gasteiger partial charge in [0.1, 0.15) is 24.3 Å². The van der Waals surface area contributed by atoms with E-state index < -0.39 is 6.10 Å². The van der Waals surface area contributed by atoms with Crippen LogP contribution in [-0.4, -0.2) is 78.6 Å². The van der Waals surface area contributed by atoms with Gasteiger partial charge in [0.2, 0.25) is 0 Å². The summed E-state index contributed by atoms with van der Waals surface area (Å²) in [5.74, 6) is 0.256. The molecule has 1 fully saturated rings. The highest BCUT2D eigenvalue weighted by Gasteiger charge is 2.19. The van der Waals surface area contributed by atoms with E-state index in [9.17, 15) is 9.50 Å². The molecule has 0 radical (unpaired) electrons. The Morgan fingerprint density at radius 2 is 1.71 bits per heavy atom. The van der Waals surface area contributed by atoms with Gasteiger partial charge in [-0.05, 0) is 24.3 Å². The number of β-amino-alcohol motifs (C(OH)–C–C–N with tert-alkyl or cyclic N) is 2. The summed E-state index contributed by atoms with van der Waals surface area (Å²) < 4.78 is 18.2. The lowest BCUT2D eigenvalue weighted by Crippen LogP contribution is -2.49. The summed E-state index contributed by atoms with van der Waals surface area (Å²) in [6.07, 6.45) is -0.570. The van der Waals surface area contributed by atoms with Crippen molar-refractivity contribution in [3.05, 3.63) is 30.1 Å². The van der Waals surface area contributed by atoms with Crippen LogP contribution in [0.5, 0.6) is 5.75 Å². The number of ether oxygens (including phenoxy) is 1. The molecule has 0 spiro atoms. The SMILES string of the molecule is OCCN1CCN(C[C@H](O)COc2ccc(F)cc2)CC1. The van der Waals surface area contributed by atoms with Crippen molar-refractivity contribution in [3.8, 4) is 5.75 Å². The highest BCUT2D eigenvalue weighted by molar-refractivity contribution is 5.22. The molecule has 6 heteroatoms. The fourth-order valence-electron chi connectivity index (χ4n) is 2.41. The van der Waals surface area contributed by atoms with Crippen molar-refractivity contribution in [2.24, 2.45) is 0 Å². The van der Waals surface area contributed by atoms with Gasteiger partial charge in [0.15, 0.2) is 0 Å². The molecular weight excluding hydrogens is 275 g/mol. The van der Waals surface area contributed by atoms with Gasteiger partial charge in [0.25, 0.3) is 0 Å². The Morgan fingerprint density at radius 3 is 2.33 bits per heavy atom. The topological polar surface area (TPSA) is 56.2 Å². The molecule has 1 aliphatic heterocycles. The van der Waals surface area contributed by atoms with E-state index >= 15 is 0 Å². The van der Waals surface area contributed by atoms with Crippen molar-refractivity contribution in [1.29, 1.82) is 0 Å². The van der Waals surface area contributed by atoms with Crippen LogP contribution >= 0.6 is 0 Å². The first-order valence-corrected chi connectivity index (χ1v) is 7.29. The van der Waals surface area contributed by atoms with Crippen molar-refractivity contribution in [1.82, 2.24) is 9.80 Å².